The molecule has 2 rings (SSSR count). The van der Waals surface area contributed by atoms with Gasteiger partial charge in [0.05, 0.1) is 18.6 Å². The molecule has 164 valence electrons. The number of nitrogens with two attached hydrogens (primary N) is 3. The average Bonchev–Trinajstić information content (AvgIpc) is 2.77. The molecule has 3 atom stereocenters. The number of nitrogens with zero attached hydrogens (tertiary/aromatic N) is 1. The Bertz CT molecular complexity index is 920. The standard InChI is InChI=1S/C22H26N4O5/c23-13-18(27)26(21(29)17(25)12-15-9-5-2-6-10-15)19(22(30)31)20(28)16(24)11-14-7-3-1-4-8-14/h1-10,16-17,19H,11-13,23-25H2,(H,30,31). The molecule has 0 heterocycles. The van der Waals surface area contributed by atoms with Gasteiger partial charge in [-0.15, -0.1) is 0 Å². The van der Waals surface area contributed by atoms with Gasteiger partial charge in [-0.2, -0.15) is 0 Å². The Balaban J connectivity index is 2.28. The van der Waals surface area contributed by atoms with Gasteiger partial charge in [0.15, 0.2) is 11.8 Å². The van der Waals surface area contributed by atoms with E-state index < -0.39 is 48.2 Å². The van der Waals surface area contributed by atoms with Crippen molar-refractivity contribution in [3.8, 4) is 0 Å². The Labute approximate surface area is 179 Å². The number of imide groups is 1. The summed E-state index contributed by atoms with van der Waals surface area (Å²) < 4.78 is 0. The number of Topliss-reactive ketones (excluding diaryl/α,β-unsaturated/α-hetero) is 1. The van der Waals surface area contributed by atoms with Crippen LogP contribution in [0.2, 0.25) is 0 Å². The van der Waals surface area contributed by atoms with Crippen LogP contribution in [0.25, 0.3) is 0 Å². The van der Waals surface area contributed by atoms with Crippen LogP contribution in [0.3, 0.4) is 0 Å². The molecule has 2 aromatic rings. The number of carbonyl (C=O) groups is 4. The maximum absolute atomic E-state index is 12.9. The molecule has 31 heavy (non-hydrogen) atoms. The van der Waals surface area contributed by atoms with Crippen LogP contribution in [0.15, 0.2) is 60.7 Å². The van der Waals surface area contributed by atoms with Crippen LogP contribution < -0.4 is 17.2 Å². The summed E-state index contributed by atoms with van der Waals surface area (Å²) in [4.78, 5) is 50.5. The monoisotopic (exact) mass is 426 g/mol. The highest BCUT2D eigenvalue weighted by Gasteiger charge is 2.42. The van der Waals surface area contributed by atoms with Gasteiger partial charge >= 0.3 is 5.97 Å². The fourth-order valence-corrected chi connectivity index (χ4v) is 3.16. The highest BCUT2D eigenvalue weighted by Crippen LogP contribution is 2.12. The van der Waals surface area contributed by atoms with Crippen LogP contribution in [0.4, 0.5) is 0 Å². The zero-order valence-corrected chi connectivity index (χ0v) is 16.9. The third kappa shape index (κ3) is 6.29. The Morgan fingerprint density at radius 2 is 1.26 bits per heavy atom. The van der Waals surface area contributed by atoms with E-state index in [1.807, 2.05) is 0 Å². The Hall–Kier alpha value is -3.40. The molecule has 0 bridgehead atoms. The van der Waals surface area contributed by atoms with E-state index in [1.54, 1.807) is 60.7 Å². The molecule has 3 unspecified atom stereocenters. The van der Waals surface area contributed by atoms with Crippen molar-refractivity contribution >= 4 is 23.6 Å². The molecule has 9 nitrogen and oxygen atoms in total. The number of ketones is 1. The minimum absolute atomic E-state index is 0.0400. The molecule has 0 saturated carbocycles. The second-order valence-electron chi connectivity index (χ2n) is 7.04. The normalized spacial score (nSPS) is 13.6. The lowest BCUT2D eigenvalue weighted by atomic mass is 9.96. The fraction of sp³-hybridized carbons (Fsp3) is 0.273. The smallest absolute Gasteiger partial charge is 0.334 e. The lowest BCUT2D eigenvalue weighted by molar-refractivity contribution is -0.161. The molecule has 7 N–H and O–H groups in total. The van der Waals surface area contributed by atoms with Crippen molar-refractivity contribution in [2.24, 2.45) is 17.2 Å². The summed E-state index contributed by atoms with van der Waals surface area (Å²) in [5.74, 6) is -4.71. The first-order valence-corrected chi connectivity index (χ1v) is 9.67. The predicted octanol–water partition coefficient (Wildman–Crippen LogP) is -0.537. The lowest BCUT2D eigenvalue weighted by Crippen LogP contribution is -2.61. The fourth-order valence-electron chi connectivity index (χ4n) is 3.16. The van der Waals surface area contributed by atoms with E-state index in [9.17, 15) is 24.3 Å². The molecule has 0 aliphatic carbocycles. The maximum atomic E-state index is 12.9. The molecule has 0 spiro atoms. The summed E-state index contributed by atoms with van der Waals surface area (Å²) in [6.07, 6.45) is 0.0863. The van der Waals surface area contributed by atoms with E-state index in [4.69, 9.17) is 17.2 Å². The van der Waals surface area contributed by atoms with Crippen LogP contribution in [0.1, 0.15) is 11.1 Å². The first kappa shape index (κ1) is 23.9. The minimum atomic E-state index is -2.12. The Kier molecular flexibility index (Phi) is 8.56. The number of benzene rings is 2. The zero-order chi connectivity index (χ0) is 23.0. The van der Waals surface area contributed by atoms with E-state index in [-0.39, 0.29) is 12.8 Å². The van der Waals surface area contributed by atoms with Gasteiger partial charge in [0.2, 0.25) is 11.8 Å². The van der Waals surface area contributed by atoms with Crippen LogP contribution >= 0.6 is 0 Å². The van der Waals surface area contributed by atoms with Crippen molar-refractivity contribution in [2.45, 2.75) is 31.0 Å². The molecule has 0 aliphatic heterocycles. The third-order valence-electron chi connectivity index (χ3n) is 4.72. The van der Waals surface area contributed by atoms with E-state index in [2.05, 4.69) is 0 Å². The van der Waals surface area contributed by atoms with E-state index in [0.29, 0.717) is 16.0 Å². The van der Waals surface area contributed by atoms with Gasteiger partial charge in [-0.05, 0) is 24.0 Å². The molecule has 2 amide bonds. The van der Waals surface area contributed by atoms with Crippen LogP contribution in [-0.4, -0.2) is 58.2 Å². The van der Waals surface area contributed by atoms with E-state index in [0.717, 1.165) is 0 Å². The number of aliphatic carboxylic acids is 1. The molecular formula is C22H26N4O5. The number of carboxylic acids is 1. The molecule has 0 saturated heterocycles. The highest BCUT2D eigenvalue weighted by molar-refractivity contribution is 6.13. The van der Waals surface area contributed by atoms with Crippen molar-refractivity contribution in [3.63, 3.8) is 0 Å². The molecule has 0 aromatic heterocycles. The summed E-state index contributed by atoms with van der Waals surface area (Å²) in [5, 5.41) is 9.69. The largest absolute Gasteiger partial charge is 0.479 e. The first-order valence-electron chi connectivity index (χ1n) is 9.67. The van der Waals surface area contributed by atoms with Gasteiger partial charge in [0.1, 0.15) is 0 Å². The van der Waals surface area contributed by atoms with Gasteiger partial charge in [-0.25, -0.2) is 4.79 Å². The SMILES string of the molecule is NCC(=O)N(C(=O)C(N)Cc1ccccc1)C(C(=O)O)C(=O)C(N)Cc1ccccc1. The van der Waals surface area contributed by atoms with Crippen molar-refractivity contribution < 1.29 is 24.3 Å². The van der Waals surface area contributed by atoms with E-state index >= 15 is 0 Å². The number of carbonyl (C=O) groups excluding carboxylic acids is 3. The number of rotatable bonds is 10. The van der Waals surface area contributed by atoms with Crippen LogP contribution in [0, 0.1) is 0 Å². The molecular weight excluding hydrogens is 400 g/mol. The molecule has 0 fully saturated rings. The predicted molar refractivity (Wildman–Crippen MR) is 114 cm³/mol. The molecule has 0 radical (unpaired) electrons. The van der Waals surface area contributed by atoms with Crippen molar-refractivity contribution in [3.05, 3.63) is 71.8 Å². The zero-order valence-electron chi connectivity index (χ0n) is 16.9. The second-order valence-corrected chi connectivity index (χ2v) is 7.04. The second kappa shape index (κ2) is 11.1. The van der Waals surface area contributed by atoms with Crippen molar-refractivity contribution in [1.29, 1.82) is 0 Å². The summed E-state index contributed by atoms with van der Waals surface area (Å²) in [6, 6.07) is 12.9. The average molecular weight is 426 g/mol. The topological polar surface area (TPSA) is 170 Å². The van der Waals surface area contributed by atoms with Gasteiger partial charge in [-0.1, -0.05) is 60.7 Å². The highest BCUT2D eigenvalue weighted by atomic mass is 16.4. The summed E-state index contributed by atoms with van der Waals surface area (Å²) in [7, 11) is 0. The quantitative estimate of drug-likeness (QED) is 0.367. The third-order valence-corrected chi connectivity index (χ3v) is 4.72. The van der Waals surface area contributed by atoms with Gasteiger partial charge in [0.25, 0.3) is 0 Å². The van der Waals surface area contributed by atoms with Crippen molar-refractivity contribution in [2.75, 3.05) is 6.54 Å². The van der Waals surface area contributed by atoms with E-state index in [1.165, 1.54) is 0 Å². The first-order chi connectivity index (χ1) is 14.8. The summed E-state index contributed by atoms with van der Waals surface area (Å²) in [5.41, 5.74) is 18.7. The Morgan fingerprint density at radius 3 is 1.68 bits per heavy atom. The number of hydrogen-bond donors (Lipinski definition) is 4. The maximum Gasteiger partial charge on any atom is 0.334 e. The van der Waals surface area contributed by atoms with Crippen LogP contribution in [0.5, 0.6) is 0 Å². The lowest BCUT2D eigenvalue weighted by Gasteiger charge is -2.29. The molecule has 2 aromatic carbocycles. The number of hydrogen-bond acceptors (Lipinski definition) is 7. The molecule has 0 aliphatic rings. The molecule has 9 heteroatoms. The van der Waals surface area contributed by atoms with Gasteiger partial charge in [-0.3, -0.25) is 19.3 Å². The van der Waals surface area contributed by atoms with Gasteiger partial charge in [0, 0.05) is 0 Å². The van der Waals surface area contributed by atoms with Gasteiger partial charge < -0.3 is 22.3 Å². The number of amides is 2. The van der Waals surface area contributed by atoms with Crippen LogP contribution in [-0.2, 0) is 32.0 Å². The minimum Gasteiger partial charge on any atom is -0.479 e. The summed E-state index contributed by atoms with van der Waals surface area (Å²) >= 11 is 0. The Morgan fingerprint density at radius 1 is 0.806 bits per heavy atom. The van der Waals surface area contributed by atoms with Crippen molar-refractivity contribution in [1.82, 2.24) is 4.90 Å². The summed E-state index contributed by atoms with van der Waals surface area (Å²) in [6.45, 7) is -0.672. The number of carboxylic acid groups (broad SMARTS) is 1.